The van der Waals surface area contributed by atoms with Crippen LogP contribution in [0.4, 0.5) is 0 Å². The molecule has 13 rings (SSSR count). The first-order valence-corrected chi connectivity index (χ1v) is 21.4. The molecule has 0 spiro atoms. The summed E-state index contributed by atoms with van der Waals surface area (Å²) in [5, 5.41) is 11.5. The summed E-state index contributed by atoms with van der Waals surface area (Å²) in [4.78, 5) is 11.0. The molecule has 13 aromatic rings. The number of benzene rings is 10. The predicted octanol–water partition coefficient (Wildman–Crippen LogP) is 16.4. The number of hydrogen-bond acceptors (Lipinski definition) is 4. The van der Waals surface area contributed by atoms with Crippen LogP contribution in [0.1, 0.15) is 5.56 Å². The number of aromatic nitrogens is 2. The van der Waals surface area contributed by atoms with Crippen LogP contribution in [-0.2, 0) is 0 Å². The summed E-state index contributed by atoms with van der Waals surface area (Å²) in [6.45, 7) is 2.15. The molecule has 0 unspecified atom stereocenters. The second kappa shape index (κ2) is 13.8. The molecule has 0 saturated heterocycles. The zero-order valence-corrected chi connectivity index (χ0v) is 34.3. The monoisotopic (exact) mass is 804 g/mol. The highest BCUT2D eigenvalue weighted by Crippen LogP contribution is 2.46. The van der Waals surface area contributed by atoms with Crippen molar-refractivity contribution in [2.45, 2.75) is 6.92 Å². The van der Waals surface area contributed by atoms with Gasteiger partial charge in [0.15, 0.2) is 5.82 Å². The van der Waals surface area contributed by atoms with E-state index in [9.17, 15) is 0 Å². The maximum atomic E-state index is 6.74. The average molecular weight is 805 g/mol. The van der Waals surface area contributed by atoms with Gasteiger partial charge in [-0.15, -0.1) is 0 Å². The van der Waals surface area contributed by atoms with Crippen molar-refractivity contribution in [1.29, 1.82) is 0 Å². The van der Waals surface area contributed by atoms with Crippen molar-refractivity contribution in [1.82, 2.24) is 9.97 Å². The summed E-state index contributed by atoms with van der Waals surface area (Å²) in [7, 11) is 0. The smallest absolute Gasteiger partial charge is 0.160 e. The van der Waals surface area contributed by atoms with E-state index in [1.807, 2.05) is 12.1 Å². The fourth-order valence-electron chi connectivity index (χ4n) is 9.97. The molecule has 4 nitrogen and oxygen atoms in total. The minimum Gasteiger partial charge on any atom is -0.456 e. The molecule has 0 radical (unpaired) electrons. The third kappa shape index (κ3) is 5.48. The number of rotatable bonds is 5. The van der Waals surface area contributed by atoms with Crippen molar-refractivity contribution in [3.8, 4) is 56.2 Å². The Hall–Kier alpha value is -8.34. The number of furan rings is 2. The highest BCUT2D eigenvalue weighted by atomic mass is 16.3. The molecule has 0 aliphatic heterocycles. The van der Waals surface area contributed by atoms with Crippen molar-refractivity contribution < 1.29 is 8.83 Å². The highest BCUT2D eigenvalue weighted by Gasteiger charge is 2.23. The fraction of sp³-hybridized carbons (Fsp3) is 0.0169. The average Bonchev–Trinajstić information content (AvgIpc) is 3.94. The van der Waals surface area contributed by atoms with Gasteiger partial charge in [0.05, 0.1) is 11.4 Å². The Morgan fingerprint density at radius 2 is 0.746 bits per heavy atom. The summed E-state index contributed by atoms with van der Waals surface area (Å²) < 4.78 is 13.1. The second-order valence-electron chi connectivity index (χ2n) is 16.4. The fourth-order valence-corrected chi connectivity index (χ4v) is 9.97. The summed E-state index contributed by atoms with van der Waals surface area (Å²) >= 11 is 0. The van der Waals surface area contributed by atoms with Crippen LogP contribution in [0.15, 0.2) is 209 Å². The minimum absolute atomic E-state index is 0.663. The number of para-hydroxylation sites is 1. The minimum atomic E-state index is 0.663. The van der Waals surface area contributed by atoms with Crippen LogP contribution in [-0.4, -0.2) is 9.97 Å². The van der Waals surface area contributed by atoms with E-state index >= 15 is 0 Å². The lowest BCUT2D eigenvalue weighted by atomic mass is 9.92. The van der Waals surface area contributed by atoms with Crippen molar-refractivity contribution in [2.75, 3.05) is 0 Å². The molecule has 0 saturated carbocycles. The van der Waals surface area contributed by atoms with E-state index < -0.39 is 0 Å². The van der Waals surface area contributed by atoms with Gasteiger partial charge in [0.25, 0.3) is 0 Å². The molecule has 0 aliphatic carbocycles. The van der Waals surface area contributed by atoms with Gasteiger partial charge < -0.3 is 8.83 Å². The summed E-state index contributed by atoms with van der Waals surface area (Å²) in [6.07, 6.45) is 0. The van der Waals surface area contributed by atoms with E-state index in [1.165, 1.54) is 37.9 Å². The molecular formula is C59H36N2O2. The molecule has 0 amide bonds. The molecule has 4 heteroatoms. The Labute approximate surface area is 362 Å². The van der Waals surface area contributed by atoms with E-state index in [2.05, 4.69) is 195 Å². The summed E-state index contributed by atoms with van der Waals surface area (Å²) in [6, 6.07) is 70.6. The van der Waals surface area contributed by atoms with Crippen molar-refractivity contribution in [3.05, 3.63) is 206 Å². The van der Waals surface area contributed by atoms with Crippen LogP contribution in [0.25, 0.3) is 132 Å². The quantitative estimate of drug-likeness (QED) is 0.163. The lowest BCUT2D eigenvalue weighted by molar-refractivity contribution is 0.668. The molecule has 10 aromatic carbocycles. The Morgan fingerprint density at radius 3 is 1.43 bits per heavy atom. The highest BCUT2D eigenvalue weighted by molar-refractivity contribution is 6.26. The Morgan fingerprint density at radius 1 is 0.302 bits per heavy atom. The van der Waals surface area contributed by atoms with Gasteiger partial charge in [-0.05, 0) is 91.8 Å². The van der Waals surface area contributed by atoms with Crippen molar-refractivity contribution in [3.63, 3.8) is 0 Å². The Kier molecular flexibility index (Phi) is 7.79. The topological polar surface area (TPSA) is 52.1 Å². The van der Waals surface area contributed by atoms with E-state index in [-0.39, 0.29) is 0 Å². The Bertz CT molecular complexity index is 3940. The standard InChI is InChI=1S/C59H36N2O2/c1-35-57(38-30-28-37(29-31-38)36-14-3-2-4-15-36)60-59(39-32-33-44-42-18-6-5-16-40(42)41-17-7-8-19-43(41)49(44)34-39)61-58(35)48-23-13-27-53-56(48)55-46(22-12-26-52(55)63-53)45-21-11-25-51-54(45)47-20-9-10-24-50(47)62-51/h2-34H,1H3. The molecule has 0 bridgehead atoms. The predicted molar refractivity (Wildman–Crippen MR) is 261 cm³/mol. The molecule has 294 valence electrons. The number of hydrogen-bond donors (Lipinski definition) is 0. The number of fused-ring (bicyclic) bond motifs is 12. The van der Waals surface area contributed by atoms with Crippen molar-refractivity contribution in [2.24, 2.45) is 0 Å². The van der Waals surface area contributed by atoms with Crippen molar-refractivity contribution >= 4 is 76.2 Å². The lowest BCUT2D eigenvalue weighted by Gasteiger charge is -2.16. The molecule has 0 fully saturated rings. The lowest BCUT2D eigenvalue weighted by Crippen LogP contribution is -2.01. The van der Waals surface area contributed by atoms with E-state index in [0.717, 1.165) is 94.2 Å². The van der Waals surface area contributed by atoms with Crippen LogP contribution in [0.5, 0.6) is 0 Å². The van der Waals surface area contributed by atoms with Gasteiger partial charge >= 0.3 is 0 Å². The number of nitrogens with zero attached hydrogens (tertiary/aromatic N) is 2. The molecule has 3 heterocycles. The molecule has 0 aliphatic rings. The normalized spacial score (nSPS) is 11.9. The molecule has 3 aromatic heterocycles. The maximum absolute atomic E-state index is 6.74. The van der Waals surface area contributed by atoms with E-state index in [1.54, 1.807) is 0 Å². The molecular weight excluding hydrogens is 769 g/mol. The van der Waals surface area contributed by atoms with Gasteiger partial charge in [-0.3, -0.25) is 0 Å². The van der Waals surface area contributed by atoms with Crippen LogP contribution in [0, 0.1) is 6.92 Å². The van der Waals surface area contributed by atoms with Gasteiger partial charge in [0, 0.05) is 43.8 Å². The first-order valence-electron chi connectivity index (χ1n) is 21.4. The van der Waals surface area contributed by atoms with Gasteiger partial charge in [-0.1, -0.05) is 170 Å². The summed E-state index contributed by atoms with van der Waals surface area (Å²) in [5.74, 6) is 0.663. The first kappa shape index (κ1) is 35.4. The second-order valence-corrected chi connectivity index (χ2v) is 16.4. The zero-order valence-electron chi connectivity index (χ0n) is 34.3. The largest absolute Gasteiger partial charge is 0.456 e. The summed E-state index contributed by atoms with van der Waals surface area (Å²) in [5.41, 5.74) is 13.6. The van der Waals surface area contributed by atoms with Crippen LogP contribution in [0.3, 0.4) is 0 Å². The molecule has 0 N–H and O–H groups in total. The van der Waals surface area contributed by atoms with Gasteiger partial charge in [-0.2, -0.15) is 0 Å². The zero-order chi connectivity index (χ0) is 41.6. The third-order valence-corrected chi connectivity index (χ3v) is 12.9. The van der Waals surface area contributed by atoms with Gasteiger partial charge in [-0.25, -0.2) is 9.97 Å². The van der Waals surface area contributed by atoms with E-state index in [0.29, 0.717) is 5.82 Å². The van der Waals surface area contributed by atoms with Crippen LogP contribution >= 0.6 is 0 Å². The molecule has 63 heavy (non-hydrogen) atoms. The molecule has 0 atom stereocenters. The van der Waals surface area contributed by atoms with E-state index in [4.69, 9.17) is 18.8 Å². The van der Waals surface area contributed by atoms with Crippen LogP contribution < -0.4 is 0 Å². The van der Waals surface area contributed by atoms with Gasteiger partial charge in [0.1, 0.15) is 22.3 Å². The third-order valence-electron chi connectivity index (χ3n) is 12.9. The van der Waals surface area contributed by atoms with Gasteiger partial charge in [0.2, 0.25) is 0 Å². The van der Waals surface area contributed by atoms with Crippen LogP contribution in [0.2, 0.25) is 0 Å². The SMILES string of the molecule is Cc1c(-c2ccc(-c3ccccc3)cc2)nc(-c2ccc3c4ccccc4c4ccccc4c3c2)nc1-c1cccc2oc3cccc(-c4cccc5oc6ccccc6c45)c3c12. The maximum Gasteiger partial charge on any atom is 0.160 e. The first-order chi connectivity index (χ1) is 31.2. The Balaban J connectivity index is 1.08.